The van der Waals surface area contributed by atoms with Crippen molar-refractivity contribution in [2.24, 2.45) is 4.99 Å². The number of rotatable bonds is 2. The summed E-state index contributed by atoms with van der Waals surface area (Å²) >= 11 is 11.3. The lowest BCUT2D eigenvalue weighted by Gasteiger charge is -2.03. The summed E-state index contributed by atoms with van der Waals surface area (Å²) in [6.07, 6.45) is 3.60. The second kappa shape index (κ2) is 4.63. The number of aromatic nitrogens is 1. The highest BCUT2D eigenvalue weighted by Gasteiger charge is 2.15. The summed E-state index contributed by atoms with van der Waals surface area (Å²) in [6, 6.07) is 3.26. The zero-order chi connectivity index (χ0) is 11.5. The summed E-state index contributed by atoms with van der Waals surface area (Å²) in [6.45, 7) is 0. The van der Waals surface area contributed by atoms with Crippen molar-refractivity contribution < 1.29 is 4.79 Å². The number of anilines is 1. The number of hydrogen-bond donors (Lipinski definition) is 1. The molecule has 0 atom stereocenters. The molecule has 0 aromatic carbocycles. The van der Waals surface area contributed by atoms with Crippen LogP contribution in [0.3, 0.4) is 0 Å². The normalized spacial score (nSPS) is 14.4. The molecule has 16 heavy (non-hydrogen) atoms. The molecule has 2 heterocycles. The molecule has 0 bridgehead atoms. The molecule has 0 radical (unpaired) electrons. The Morgan fingerprint density at radius 2 is 2.19 bits per heavy atom. The summed E-state index contributed by atoms with van der Waals surface area (Å²) in [5.74, 6) is -0.281. The van der Waals surface area contributed by atoms with Crippen LogP contribution in [0.5, 0.6) is 0 Å². The number of nitrogens with one attached hydrogen (secondary N) is 1. The topological polar surface area (TPSA) is 54.4 Å². The van der Waals surface area contributed by atoms with E-state index in [0.717, 1.165) is 0 Å². The highest BCUT2D eigenvalue weighted by atomic mass is 35.5. The Kier molecular flexibility index (Phi) is 3.22. The first kappa shape index (κ1) is 11.1. The number of aliphatic imine (C=N–C) groups is 1. The van der Waals surface area contributed by atoms with E-state index < -0.39 is 0 Å². The molecule has 6 heteroatoms. The molecule has 0 aliphatic carbocycles. The maximum absolute atomic E-state index is 11.7. The van der Waals surface area contributed by atoms with E-state index in [9.17, 15) is 4.79 Å². The number of amides is 1. The van der Waals surface area contributed by atoms with Gasteiger partial charge in [0.1, 0.15) is 16.0 Å². The van der Waals surface area contributed by atoms with E-state index in [-0.39, 0.29) is 5.91 Å². The molecule has 0 spiro atoms. The molecule has 2 rings (SSSR count). The molecule has 1 aliphatic heterocycles. The number of pyridine rings is 1. The Labute approximate surface area is 102 Å². The third-order valence-corrected chi connectivity index (χ3v) is 2.42. The van der Waals surface area contributed by atoms with Crippen LogP contribution < -0.4 is 5.32 Å². The van der Waals surface area contributed by atoms with E-state index in [2.05, 4.69) is 15.3 Å². The summed E-state index contributed by atoms with van der Waals surface area (Å²) in [5.41, 5.74) is 0.958. The second-order valence-electron chi connectivity index (χ2n) is 3.11. The largest absolute Gasteiger partial charge is 0.320 e. The molecular weight excluding hydrogens is 249 g/mol. The van der Waals surface area contributed by atoms with E-state index >= 15 is 0 Å². The summed E-state index contributed by atoms with van der Waals surface area (Å²) in [4.78, 5) is 19.4. The molecule has 1 aromatic rings. The number of hydrogen-bond acceptors (Lipinski definition) is 3. The molecule has 1 aliphatic rings. The lowest BCUT2D eigenvalue weighted by Crippen LogP contribution is -2.21. The van der Waals surface area contributed by atoms with Crippen LogP contribution in [-0.4, -0.2) is 16.6 Å². The first-order chi connectivity index (χ1) is 7.65. The van der Waals surface area contributed by atoms with Gasteiger partial charge in [-0.05, 0) is 18.2 Å². The van der Waals surface area contributed by atoms with Gasteiger partial charge in [0.15, 0.2) is 0 Å². The van der Waals surface area contributed by atoms with Crippen LogP contribution in [0, 0.1) is 0 Å². The van der Waals surface area contributed by atoms with Gasteiger partial charge in [-0.25, -0.2) is 9.98 Å². The molecule has 1 N–H and O–H groups in total. The zero-order valence-corrected chi connectivity index (χ0v) is 9.59. The molecule has 0 saturated carbocycles. The molecular formula is C10H7Cl2N3O. The number of carbonyl (C=O) groups is 1. The highest BCUT2D eigenvalue weighted by Crippen LogP contribution is 2.15. The first-order valence-corrected chi connectivity index (χ1v) is 5.27. The Bertz CT molecular complexity index is 479. The first-order valence-electron chi connectivity index (χ1n) is 4.51. The third-order valence-electron chi connectivity index (χ3n) is 1.95. The maximum atomic E-state index is 11.7. The van der Waals surface area contributed by atoms with Crippen molar-refractivity contribution in [3.8, 4) is 0 Å². The lowest BCUT2D eigenvalue weighted by atomic mass is 10.2. The smallest absolute Gasteiger partial charge is 0.270 e. The zero-order valence-electron chi connectivity index (χ0n) is 8.08. The van der Waals surface area contributed by atoms with E-state index in [1.165, 1.54) is 6.20 Å². The lowest BCUT2D eigenvalue weighted by molar-refractivity contribution is -0.110. The summed E-state index contributed by atoms with van der Waals surface area (Å²) < 4.78 is 0. The Morgan fingerprint density at radius 3 is 2.75 bits per heavy atom. The fourth-order valence-corrected chi connectivity index (χ4v) is 1.49. The molecule has 0 unspecified atom stereocenters. The van der Waals surface area contributed by atoms with E-state index in [0.29, 0.717) is 28.1 Å². The SMILES string of the molecule is O=C(Nc1ccc(Cl)nc1)C1=NC(Cl)=CC1. The summed E-state index contributed by atoms with van der Waals surface area (Å²) in [7, 11) is 0. The van der Waals surface area contributed by atoms with Crippen LogP contribution in [0.15, 0.2) is 34.6 Å². The van der Waals surface area contributed by atoms with Gasteiger partial charge < -0.3 is 5.32 Å². The van der Waals surface area contributed by atoms with Gasteiger partial charge in [-0.3, -0.25) is 4.79 Å². The van der Waals surface area contributed by atoms with Crippen molar-refractivity contribution in [3.05, 3.63) is 34.7 Å². The fraction of sp³-hybridized carbons (Fsp3) is 0.100. The maximum Gasteiger partial charge on any atom is 0.270 e. The molecule has 0 fully saturated rings. The van der Waals surface area contributed by atoms with E-state index in [1.807, 2.05) is 0 Å². The average Bonchev–Trinajstić information content (AvgIpc) is 2.68. The number of allylic oxidation sites excluding steroid dienone is 1. The molecule has 1 amide bonds. The van der Waals surface area contributed by atoms with Gasteiger partial charge in [0.25, 0.3) is 5.91 Å². The van der Waals surface area contributed by atoms with Crippen LogP contribution in [-0.2, 0) is 4.79 Å². The number of carbonyl (C=O) groups excluding carboxylic acids is 1. The standard InChI is InChI=1S/C10H7Cl2N3O/c11-8-3-1-6(5-13-8)14-10(16)7-2-4-9(12)15-7/h1,3-5H,2H2,(H,14,16). The van der Waals surface area contributed by atoms with Crippen LogP contribution in [0.1, 0.15) is 6.42 Å². The van der Waals surface area contributed by atoms with Gasteiger partial charge in [0.05, 0.1) is 11.9 Å². The quantitative estimate of drug-likeness (QED) is 0.653. The third kappa shape index (κ3) is 2.59. The Hall–Kier alpha value is -1.39. The monoisotopic (exact) mass is 255 g/mol. The van der Waals surface area contributed by atoms with Crippen molar-refractivity contribution in [1.82, 2.24) is 4.98 Å². The van der Waals surface area contributed by atoms with Gasteiger partial charge in [-0.1, -0.05) is 23.2 Å². The van der Waals surface area contributed by atoms with Crippen LogP contribution in [0.2, 0.25) is 5.15 Å². The minimum atomic E-state index is -0.281. The van der Waals surface area contributed by atoms with E-state index in [1.54, 1.807) is 18.2 Å². The molecule has 1 aromatic heterocycles. The van der Waals surface area contributed by atoms with Crippen molar-refractivity contribution in [2.45, 2.75) is 6.42 Å². The van der Waals surface area contributed by atoms with Gasteiger partial charge in [0.2, 0.25) is 0 Å². The van der Waals surface area contributed by atoms with Crippen LogP contribution in [0.4, 0.5) is 5.69 Å². The predicted octanol–water partition coefficient (Wildman–Crippen LogP) is 2.60. The van der Waals surface area contributed by atoms with Gasteiger partial charge in [-0.15, -0.1) is 0 Å². The number of nitrogens with zero attached hydrogens (tertiary/aromatic N) is 2. The van der Waals surface area contributed by atoms with E-state index in [4.69, 9.17) is 23.2 Å². The Morgan fingerprint density at radius 1 is 1.38 bits per heavy atom. The van der Waals surface area contributed by atoms with Gasteiger partial charge in [-0.2, -0.15) is 0 Å². The van der Waals surface area contributed by atoms with Crippen LogP contribution in [0.25, 0.3) is 0 Å². The average molecular weight is 256 g/mol. The minimum Gasteiger partial charge on any atom is -0.320 e. The van der Waals surface area contributed by atoms with Crippen molar-refractivity contribution in [2.75, 3.05) is 5.32 Å². The molecule has 0 saturated heterocycles. The fourth-order valence-electron chi connectivity index (χ4n) is 1.20. The minimum absolute atomic E-state index is 0.281. The number of halogens is 2. The van der Waals surface area contributed by atoms with Gasteiger partial charge >= 0.3 is 0 Å². The molecule has 4 nitrogen and oxygen atoms in total. The van der Waals surface area contributed by atoms with Crippen molar-refractivity contribution in [1.29, 1.82) is 0 Å². The van der Waals surface area contributed by atoms with Crippen LogP contribution >= 0.6 is 23.2 Å². The predicted molar refractivity (Wildman–Crippen MR) is 63.9 cm³/mol. The van der Waals surface area contributed by atoms with Crippen molar-refractivity contribution in [3.63, 3.8) is 0 Å². The van der Waals surface area contributed by atoms with Gasteiger partial charge in [0, 0.05) is 6.42 Å². The highest BCUT2D eigenvalue weighted by molar-refractivity contribution is 6.46. The van der Waals surface area contributed by atoms with Crippen molar-refractivity contribution >= 4 is 40.5 Å². The second-order valence-corrected chi connectivity index (χ2v) is 3.89. The summed E-state index contributed by atoms with van der Waals surface area (Å²) in [5, 5.41) is 3.37. The Balaban J connectivity index is 2.03. The molecule has 82 valence electrons.